The molecule has 0 spiro atoms. The van der Waals surface area contributed by atoms with Crippen LogP contribution in [0.1, 0.15) is 5.56 Å². The van der Waals surface area contributed by atoms with Gasteiger partial charge in [-0.2, -0.15) is 5.10 Å². The molecule has 3 nitrogen and oxygen atoms in total. The van der Waals surface area contributed by atoms with E-state index in [-0.39, 0.29) is 0 Å². The predicted molar refractivity (Wildman–Crippen MR) is 60.4 cm³/mol. The molecule has 2 aromatic rings. The van der Waals surface area contributed by atoms with Crippen molar-refractivity contribution in [1.82, 2.24) is 9.78 Å². The second-order valence-electron chi connectivity index (χ2n) is 3.10. The summed E-state index contributed by atoms with van der Waals surface area (Å²) in [5.41, 5.74) is 7.89. The summed E-state index contributed by atoms with van der Waals surface area (Å²) in [5, 5.41) is 4.13. The van der Waals surface area contributed by atoms with Gasteiger partial charge in [-0.05, 0) is 30.7 Å². The lowest BCUT2D eigenvalue weighted by atomic mass is 10.2. The summed E-state index contributed by atoms with van der Waals surface area (Å²) in [7, 11) is 0. The lowest BCUT2D eigenvalue weighted by Crippen LogP contribution is -2.01. The molecule has 0 atom stereocenters. The third-order valence-corrected chi connectivity index (χ3v) is 2.95. The summed E-state index contributed by atoms with van der Waals surface area (Å²) in [6.45, 7) is 2.03. The zero-order valence-corrected chi connectivity index (χ0v) is 9.32. The van der Waals surface area contributed by atoms with Crippen molar-refractivity contribution in [2.24, 2.45) is 0 Å². The van der Waals surface area contributed by atoms with E-state index in [9.17, 15) is 0 Å². The van der Waals surface area contributed by atoms with E-state index < -0.39 is 0 Å². The Morgan fingerprint density at radius 2 is 2.14 bits per heavy atom. The Bertz CT molecular complexity index is 462. The van der Waals surface area contributed by atoms with Crippen molar-refractivity contribution >= 4 is 21.7 Å². The maximum atomic E-state index is 5.75. The standard InChI is InChI=1S/C10H10BrN3/c1-7-6-8(2-3-9(7)11)14-10(12)4-5-13-14/h2-6H,12H2,1H3. The highest BCUT2D eigenvalue weighted by molar-refractivity contribution is 9.10. The number of benzene rings is 1. The lowest BCUT2D eigenvalue weighted by Gasteiger charge is -2.05. The van der Waals surface area contributed by atoms with E-state index >= 15 is 0 Å². The molecular formula is C10H10BrN3. The number of hydrogen-bond donors (Lipinski definition) is 1. The first-order valence-corrected chi connectivity index (χ1v) is 5.04. The monoisotopic (exact) mass is 251 g/mol. The first-order chi connectivity index (χ1) is 6.68. The van der Waals surface area contributed by atoms with Crippen molar-refractivity contribution in [2.45, 2.75) is 6.92 Å². The predicted octanol–water partition coefficient (Wildman–Crippen LogP) is 2.53. The minimum Gasteiger partial charge on any atom is -0.384 e. The van der Waals surface area contributed by atoms with Gasteiger partial charge < -0.3 is 5.73 Å². The highest BCUT2D eigenvalue weighted by atomic mass is 79.9. The number of nitrogens with two attached hydrogens (primary N) is 1. The molecule has 0 bridgehead atoms. The second-order valence-corrected chi connectivity index (χ2v) is 3.96. The highest BCUT2D eigenvalue weighted by Gasteiger charge is 2.02. The van der Waals surface area contributed by atoms with E-state index in [1.54, 1.807) is 16.9 Å². The van der Waals surface area contributed by atoms with Gasteiger partial charge in [-0.3, -0.25) is 0 Å². The van der Waals surface area contributed by atoms with Crippen LogP contribution in [0.15, 0.2) is 34.9 Å². The zero-order valence-electron chi connectivity index (χ0n) is 7.74. The number of nitrogens with zero attached hydrogens (tertiary/aromatic N) is 2. The number of anilines is 1. The van der Waals surface area contributed by atoms with E-state index in [4.69, 9.17) is 5.73 Å². The van der Waals surface area contributed by atoms with E-state index in [2.05, 4.69) is 21.0 Å². The topological polar surface area (TPSA) is 43.8 Å². The molecule has 0 aliphatic carbocycles. The summed E-state index contributed by atoms with van der Waals surface area (Å²) >= 11 is 3.45. The molecular weight excluding hydrogens is 242 g/mol. The minimum absolute atomic E-state index is 0.645. The molecule has 0 aliphatic heterocycles. The molecule has 14 heavy (non-hydrogen) atoms. The van der Waals surface area contributed by atoms with Crippen molar-refractivity contribution < 1.29 is 0 Å². The van der Waals surface area contributed by atoms with Gasteiger partial charge in [-0.25, -0.2) is 4.68 Å². The van der Waals surface area contributed by atoms with Crippen LogP contribution in [0.3, 0.4) is 0 Å². The largest absolute Gasteiger partial charge is 0.384 e. The molecule has 4 heteroatoms. The molecule has 0 saturated heterocycles. The van der Waals surface area contributed by atoms with Crippen LogP contribution in [-0.2, 0) is 0 Å². The Kier molecular flexibility index (Phi) is 2.29. The molecule has 0 amide bonds. The van der Waals surface area contributed by atoms with Crippen LogP contribution in [0.2, 0.25) is 0 Å². The smallest absolute Gasteiger partial charge is 0.127 e. The molecule has 0 unspecified atom stereocenters. The average molecular weight is 252 g/mol. The van der Waals surface area contributed by atoms with Crippen molar-refractivity contribution in [3.05, 3.63) is 40.5 Å². The first-order valence-electron chi connectivity index (χ1n) is 4.24. The number of rotatable bonds is 1. The molecule has 0 fully saturated rings. The van der Waals surface area contributed by atoms with Crippen LogP contribution in [0.4, 0.5) is 5.82 Å². The summed E-state index contributed by atoms with van der Waals surface area (Å²) < 4.78 is 2.80. The molecule has 0 saturated carbocycles. The van der Waals surface area contributed by atoms with Crippen LogP contribution < -0.4 is 5.73 Å². The van der Waals surface area contributed by atoms with E-state index in [0.717, 1.165) is 15.7 Å². The van der Waals surface area contributed by atoms with Gasteiger partial charge in [0.05, 0.1) is 11.9 Å². The number of nitrogen functional groups attached to an aromatic ring is 1. The lowest BCUT2D eigenvalue weighted by molar-refractivity contribution is 0.889. The SMILES string of the molecule is Cc1cc(-n2nccc2N)ccc1Br. The van der Waals surface area contributed by atoms with Crippen LogP contribution in [-0.4, -0.2) is 9.78 Å². The fourth-order valence-corrected chi connectivity index (χ4v) is 1.54. The van der Waals surface area contributed by atoms with Gasteiger partial charge in [0.25, 0.3) is 0 Å². The quantitative estimate of drug-likeness (QED) is 0.847. The normalized spacial score (nSPS) is 10.4. The molecule has 2 rings (SSSR count). The molecule has 0 aliphatic rings. The van der Waals surface area contributed by atoms with Gasteiger partial charge >= 0.3 is 0 Å². The average Bonchev–Trinajstić information content (AvgIpc) is 2.57. The number of hydrogen-bond acceptors (Lipinski definition) is 2. The first kappa shape index (κ1) is 9.27. The summed E-state index contributed by atoms with van der Waals surface area (Å²) in [4.78, 5) is 0. The van der Waals surface area contributed by atoms with Gasteiger partial charge in [-0.15, -0.1) is 0 Å². The van der Waals surface area contributed by atoms with Gasteiger partial charge in [0.2, 0.25) is 0 Å². The number of aryl methyl sites for hydroxylation is 1. The van der Waals surface area contributed by atoms with Gasteiger partial charge in [0.1, 0.15) is 5.82 Å². The molecule has 1 heterocycles. The number of halogens is 1. The maximum Gasteiger partial charge on any atom is 0.127 e. The van der Waals surface area contributed by atoms with Gasteiger partial charge in [0, 0.05) is 10.5 Å². The minimum atomic E-state index is 0.645. The Balaban J connectivity index is 2.53. The maximum absolute atomic E-state index is 5.75. The van der Waals surface area contributed by atoms with E-state index in [1.807, 2.05) is 25.1 Å². The Hall–Kier alpha value is -1.29. The highest BCUT2D eigenvalue weighted by Crippen LogP contribution is 2.20. The number of aromatic nitrogens is 2. The fraction of sp³-hybridized carbons (Fsp3) is 0.100. The summed E-state index contributed by atoms with van der Waals surface area (Å²) in [6, 6.07) is 7.77. The fourth-order valence-electron chi connectivity index (χ4n) is 1.29. The second kappa shape index (κ2) is 3.46. The molecule has 1 aromatic carbocycles. The molecule has 0 radical (unpaired) electrons. The van der Waals surface area contributed by atoms with E-state index in [1.165, 1.54) is 0 Å². The van der Waals surface area contributed by atoms with Gasteiger partial charge in [-0.1, -0.05) is 15.9 Å². The summed E-state index contributed by atoms with van der Waals surface area (Å²) in [6.07, 6.45) is 1.69. The molecule has 2 N–H and O–H groups in total. The van der Waals surface area contributed by atoms with E-state index in [0.29, 0.717) is 5.82 Å². The third-order valence-electron chi connectivity index (χ3n) is 2.06. The van der Waals surface area contributed by atoms with Crippen LogP contribution in [0.5, 0.6) is 0 Å². The van der Waals surface area contributed by atoms with Crippen molar-refractivity contribution in [3.63, 3.8) is 0 Å². The Morgan fingerprint density at radius 1 is 1.36 bits per heavy atom. The Morgan fingerprint density at radius 3 is 2.71 bits per heavy atom. The van der Waals surface area contributed by atoms with Crippen molar-refractivity contribution in [3.8, 4) is 5.69 Å². The van der Waals surface area contributed by atoms with Crippen LogP contribution in [0.25, 0.3) is 5.69 Å². The van der Waals surface area contributed by atoms with Crippen LogP contribution in [0, 0.1) is 6.92 Å². The molecule has 1 aromatic heterocycles. The van der Waals surface area contributed by atoms with Crippen molar-refractivity contribution in [2.75, 3.05) is 5.73 Å². The van der Waals surface area contributed by atoms with Gasteiger partial charge in [0.15, 0.2) is 0 Å². The Labute approximate surface area is 90.7 Å². The van der Waals surface area contributed by atoms with Crippen LogP contribution >= 0.6 is 15.9 Å². The zero-order chi connectivity index (χ0) is 10.1. The van der Waals surface area contributed by atoms with Crippen molar-refractivity contribution in [1.29, 1.82) is 0 Å². The molecule has 72 valence electrons. The third kappa shape index (κ3) is 1.53. The summed E-state index contributed by atoms with van der Waals surface area (Å²) in [5.74, 6) is 0.645.